The second-order valence-corrected chi connectivity index (χ2v) is 5.05. The van der Waals surface area contributed by atoms with Gasteiger partial charge in [-0.2, -0.15) is 0 Å². The lowest BCUT2D eigenvalue weighted by Gasteiger charge is -2.09. The van der Waals surface area contributed by atoms with Crippen LogP contribution in [0.5, 0.6) is 0 Å². The van der Waals surface area contributed by atoms with E-state index in [1.807, 2.05) is 6.92 Å². The SMILES string of the molecule is Cc1c(Cl)cccc1NC(=O)c1cc(Cl)nc(Cl)c1. The number of nitrogens with one attached hydrogen (secondary N) is 1. The standard InChI is InChI=1S/C13H9Cl3N2O/c1-7-9(14)3-2-4-10(7)17-13(19)8-5-11(15)18-12(16)6-8/h2-6H,1H3,(H,17,19). The number of amides is 1. The van der Waals surface area contributed by atoms with Crippen LogP contribution in [0, 0.1) is 6.92 Å². The molecule has 1 aromatic carbocycles. The highest BCUT2D eigenvalue weighted by Crippen LogP contribution is 2.24. The first-order valence-electron chi connectivity index (χ1n) is 5.37. The van der Waals surface area contributed by atoms with Gasteiger partial charge in [-0.25, -0.2) is 4.98 Å². The van der Waals surface area contributed by atoms with Crippen LogP contribution in [-0.4, -0.2) is 10.9 Å². The number of pyridine rings is 1. The molecule has 0 unspecified atom stereocenters. The molecule has 0 fully saturated rings. The van der Waals surface area contributed by atoms with E-state index in [2.05, 4.69) is 10.3 Å². The highest BCUT2D eigenvalue weighted by molar-refractivity contribution is 6.33. The Kier molecular flexibility index (Phi) is 4.30. The summed E-state index contributed by atoms with van der Waals surface area (Å²) in [6, 6.07) is 8.18. The monoisotopic (exact) mass is 314 g/mol. The van der Waals surface area contributed by atoms with Gasteiger partial charge in [0, 0.05) is 16.3 Å². The van der Waals surface area contributed by atoms with Crippen molar-refractivity contribution in [2.24, 2.45) is 0 Å². The number of benzene rings is 1. The summed E-state index contributed by atoms with van der Waals surface area (Å²) in [5, 5.41) is 3.67. The summed E-state index contributed by atoms with van der Waals surface area (Å²) in [5.74, 6) is -0.323. The van der Waals surface area contributed by atoms with Crippen LogP contribution in [0.3, 0.4) is 0 Å². The largest absolute Gasteiger partial charge is 0.322 e. The van der Waals surface area contributed by atoms with Crippen LogP contribution in [0.1, 0.15) is 15.9 Å². The van der Waals surface area contributed by atoms with Gasteiger partial charge >= 0.3 is 0 Å². The van der Waals surface area contributed by atoms with Crippen molar-refractivity contribution in [3.8, 4) is 0 Å². The van der Waals surface area contributed by atoms with Gasteiger partial charge in [-0.15, -0.1) is 0 Å². The number of carbonyl (C=O) groups excluding carboxylic acids is 1. The van der Waals surface area contributed by atoms with E-state index >= 15 is 0 Å². The van der Waals surface area contributed by atoms with E-state index in [0.29, 0.717) is 16.3 Å². The summed E-state index contributed by atoms with van der Waals surface area (Å²) in [5.41, 5.74) is 1.77. The highest BCUT2D eigenvalue weighted by Gasteiger charge is 2.11. The predicted molar refractivity (Wildman–Crippen MR) is 78.4 cm³/mol. The van der Waals surface area contributed by atoms with Crippen molar-refractivity contribution in [1.82, 2.24) is 4.98 Å². The van der Waals surface area contributed by atoms with E-state index in [-0.39, 0.29) is 16.2 Å². The second kappa shape index (κ2) is 5.78. The lowest BCUT2D eigenvalue weighted by Crippen LogP contribution is -2.13. The van der Waals surface area contributed by atoms with Gasteiger partial charge in [0.2, 0.25) is 0 Å². The van der Waals surface area contributed by atoms with Crippen molar-refractivity contribution in [3.63, 3.8) is 0 Å². The average Bonchev–Trinajstić information content (AvgIpc) is 2.33. The molecule has 1 heterocycles. The summed E-state index contributed by atoms with van der Waals surface area (Å²) in [6.07, 6.45) is 0. The van der Waals surface area contributed by atoms with Crippen LogP contribution in [0.2, 0.25) is 15.3 Å². The molecule has 0 saturated heterocycles. The molecule has 1 aromatic heterocycles. The topological polar surface area (TPSA) is 42.0 Å². The predicted octanol–water partition coefficient (Wildman–Crippen LogP) is 4.60. The molecule has 0 aliphatic carbocycles. The van der Waals surface area contributed by atoms with E-state index in [1.165, 1.54) is 12.1 Å². The Morgan fingerprint density at radius 3 is 2.42 bits per heavy atom. The minimum Gasteiger partial charge on any atom is -0.322 e. The molecule has 0 saturated carbocycles. The van der Waals surface area contributed by atoms with Crippen molar-refractivity contribution in [2.75, 3.05) is 5.32 Å². The van der Waals surface area contributed by atoms with Gasteiger partial charge in [-0.05, 0) is 36.8 Å². The molecule has 3 nitrogen and oxygen atoms in total. The Morgan fingerprint density at radius 1 is 1.16 bits per heavy atom. The lowest BCUT2D eigenvalue weighted by atomic mass is 10.2. The van der Waals surface area contributed by atoms with Crippen molar-refractivity contribution in [3.05, 3.63) is 56.8 Å². The fourth-order valence-electron chi connectivity index (χ4n) is 1.53. The number of anilines is 1. The third kappa shape index (κ3) is 3.38. The maximum Gasteiger partial charge on any atom is 0.255 e. The van der Waals surface area contributed by atoms with Crippen molar-refractivity contribution in [1.29, 1.82) is 0 Å². The van der Waals surface area contributed by atoms with Crippen LogP contribution < -0.4 is 5.32 Å². The summed E-state index contributed by atoms with van der Waals surface area (Å²) in [7, 11) is 0. The Balaban J connectivity index is 2.28. The smallest absolute Gasteiger partial charge is 0.255 e. The van der Waals surface area contributed by atoms with E-state index in [0.717, 1.165) is 5.56 Å². The van der Waals surface area contributed by atoms with Gasteiger partial charge in [0.15, 0.2) is 0 Å². The van der Waals surface area contributed by atoms with Crippen molar-refractivity contribution in [2.45, 2.75) is 6.92 Å². The highest BCUT2D eigenvalue weighted by atomic mass is 35.5. The first-order valence-corrected chi connectivity index (χ1v) is 6.50. The molecule has 0 aliphatic heterocycles. The number of aromatic nitrogens is 1. The minimum atomic E-state index is -0.323. The number of hydrogen-bond acceptors (Lipinski definition) is 2. The Bertz CT molecular complexity index is 624. The molecule has 2 rings (SSSR count). The van der Waals surface area contributed by atoms with E-state index < -0.39 is 0 Å². The molecule has 19 heavy (non-hydrogen) atoms. The molecule has 0 aliphatic rings. The molecule has 2 aromatic rings. The zero-order valence-corrected chi connectivity index (χ0v) is 12.1. The lowest BCUT2D eigenvalue weighted by molar-refractivity contribution is 0.102. The van der Waals surface area contributed by atoms with Gasteiger partial charge in [0.25, 0.3) is 5.91 Å². The molecule has 0 bridgehead atoms. The van der Waals surface area contributed by atoms with Crippen molar-refractivity contribution < 1.29 is 4.79 Å². The third-order valence-electron chi connectivity index (χ3n) is 2.54. The number of carbonyl (C=O) groups is 1. The summed E-state index contributed by atoms with van der Waals surface area (Å²) in [4.78, 5) is 15.9. The number of hydrogen-bond donors (Lipinski definition) is 1. The normalized spacial score (nSPS) is 10.3. The fourth-order valence-corrected chi connectivity index (χ4v) is 2.17. The molecule has 0 spiro atoms. The van der Waals surface area contributed by atoms with Crippen LogP contribution in [0.25, 0.3) is 0 Å². The van der Waals surface area contributed by atoms with Crippen LogP contribution in [0.4, 0.5) is 5.69 Å². The zero-order chi connectivity index (χ0) is 14.0. The Morgan fingerprint density at radius 2 is 1.79 bits per heavy atom. The minimum absolute atomic E-state index is 0.167. The molecular formula is C13H9Cl3N2O. The van der Waals surface area contributed by atoms with Gasteiger partial charge in [0.1, 0.15) is 10.3 Å². The van der Waals surface area contributed by atoms with Gasteiger partial charge < -0.3 is 5.32 Å². The first kappa shape index (κ1) is 14.1. The average molecular weight is 316 g/mol. The Hall–Kier alpha value is -1.29. The maximum absolute atomic E-state index is 12.1. The van der Waals surface area contributed by atoms with Crippen molar-refractivity contribution >= 4 is 46.4 Å². The van der Waals surface area contributed by atoms with Gasteiger partial charge in [-0.1, -0.05) is 40.9 Å². The van der Waals surface area contributed by atoms with Crippen LogP contribution >= 0.6 is 34.8 Å². The van der Waals surface area contributed by atoms with Crippen LogP contribution in [-0.2, 0) is 0 Å². The molecule has 0 atom stereocenters. The third-order valence-corrected chi connectivity index (χ3v) is 3.34. The first-order chi connectivity index (χ1) is 8.97. The molecular weight excluding hydrogens is 307 g/mol. The quantitative estimate of drug-likeness (QED) is 0.823. The van der Waals surface area contributed by atoms with Gasteiger partial charge in [-0.3, -0.25) is 4.79 Å². The van der Waals surface area contributed by atoms with Crippen LogP contribution in [0.15, 0.2) is 30.3 Å². The fraction of sp³-hybridized carbons (Fsp3) is 0.0769. The zero-order valence-electron chi connectivity index (χ0n) is 9.88. The molecule has 6 heteroatoms. The summed E-state index contributed by atoms with van der Waals surface area (Å²) in [6.45, 7) is 1.82. The van der Waals surface area contributed by atoms with Gasteiger partial charge in [0.05, 0.1) is 0 Å². The van der Waals surface area contributed by atoms with E-state index in [4.69, 9.17) is 34.8 Å². The van der Waals surface area contributed by atoms with E-state index in [1.54, 1.807) is 18.2 Å². The second-order valence-electron chi connectivity index (χ2n) is 3.87. The summed E-state index contributed by atoms with van der Waals surface area (Å²) >= 11 is 17.5. The van der Waals surface area contributed by atoms with E-state index in [9.17, 15) is 4.79 Å². The molecule has 1 amide bonds. The molecule has 98 valence electrons. The number of nitrogens with zero attached hydrogens (tertiary/aromatic N) is 1. The molecule has 0 radical (unpaired) electrons. The summed E-state index contributed by atoms with van der Waals surface area (Å²) < 4.78 is 0. The number of halogens is 3. The Labute approximate surface area is 125 Å². The maximum atomic E-state index is 12.1. The molecule has 1 N–H and O–H groups in total. The number of rotatable bonds is 2.